The fraction of sp³-hybridized carbons (Fsp3) is 0.417. The van der Waals surface area contributed by atoms with Crippen molar-refractivity contribution in [2.45, 2.75) is 13.3 Å². The maximum atomic E-state index is 12.0. The van der Waals surface area contributed by atoms with Gasteiger partial charge in [-0.1, -0.05) is 34.5 Å². The molecule has 4 heteroatoms. The number of methoxy groups -OCH3 is 1. The van der Waals surface area contributed by atoms with Gasteiger partial charge in [0, 0.05) is 34.7 Å². The molecule has 0 aliphatic rings. The van der Waals surface area contributed by atoms with E-state index in [0.29, 0.717) is 17.2 Å². The summed E-state index contributed by atoms with van der Waals surface area (Å²) in [6.45, 7) is 2.49. The van der Waals surface area contributed by atoms with Crippen molar-refractivity contribution in [2.24, 2.45) is 5.92 Å². The van der Waals surface area contributed by atoms with Crippen molar-refractivity contribution < 1.29 is 9.53 Å². The first kappa shape index (κ1) is 13.7. The first-order valence-corrected chi connectivity index (χ1v) is 6.21. The predicted octanol–water partition coefficient (Wildman–Crippen LogP) is 3.96. The molecule has 0 saturated carbocycles. The van der Waals surface area contributed by atoms with Crippen LogP contribution in [0.4, 0.5) is 0 Å². The average molecular weight is 306 g/mol. The molecule has 2 nitrogen and oxygen atoms in total. The highest BCUT2D eigenvalue weighted by atomic mass is 79.9. The van der Waals surface area contributed by atoms with Crippen LogP contribution in [0.3, 0.4) is 0 Å². The van der Waals surface area contributed by atoms with Gasteiger partial charge in [0.1, 0.15) is 0 Å². The van der Waals surface area contributed by atoms with E-state index in [-0.39, 0.29) is 11.7 Å². The second kappa shape index (κ2) is 6.38. The molecule has 0 heterocycles. The molecule has 0 saturated heterocycles. The van der Waals surface area contributed by atoms with Gasteiger partial charge in [-0.05, 0) is 24.6 Å². The highest BCUT2D eigenvalue weighted by Gasteiger charge is 2.15. The standard InChI is InChI=1S/C12H14BrClO2/c1-8(3-4-16-2)12(15)9-5-10(13)7-11(14)6-9/h5-8H,3-4H2,1-2H3. The molecule has 1 unspecified atom stereocenters. The number of halogens is 2. The lowest BCUT2D eigenvalue weighted by Crippen LogP contribution is -2.13. The van der Waals surface area contributed by atoms with Crippen molar-refractivity contribution >= 4 is 33.3 Å². The Morgan fingerprint density at radius 2 is 2.19 bits per heavy atom. The van der Waals surface area contributed by atoms with E-state index in [4.69, 9.17) is 16.3 Å². The SMILES string of the molecule is COCCC(C)C(=O)c1cc(Cl)cc(Br)c1. The normalized spacial score (nSPS) is 12.5. The fourth-order valence-corrected chi connectivity index (χ4v) is 2.27. The van der Waals surface area contributed by atoms with Gasteiger partial charge < -0.3 is 4.74 Å². The van der Waals surface area contributed by atoms with Gasteiger partial charge in [-0.3, -0.25) is 4.79 Å². The number of benzene rings is 1. The summed E-state index contributed by atoms with van der Waals surface area (Å²) in [5.41, 5.74) is 0.642. The lowest BCUT2D eigenvalue weighted by atomic mass is 9.97. The first-order valence-electron chi connectivity index (χ1n) is 5.04. The summed E-state index contributed by atoms with van der Waals surface area (Å²) < 4.78 is 5.78. The lowest BCUT2D eigenvalue weighted by Gasteiger charge is -2.10. The van der Waals surface area contributed by atoms with E-state index >= 15 is 0 Å². The molecule has 0 fully saturated rings. The van der Waals surface area contributed by atoms with E-state index in [1.165, 1.54) is 0 Å². The maximum absolute atomic E-state index is 12.0. The van der Waals surface area contributed by atoms with Crippen LogP contribution in [-0.4, -0.2) is 19.5 Å². The van der Waals surface area contributed by atoms with Gasteiger partial charge in [0.25, 0.3) is 0 Å². The number of ether oxygens (including phenoxy) is 1. The summed E-state index contributed by atoms with van der Waals surface area (Å²) in [5, 5.41) is 0.566. The van der Waals surface area contributed by atoms with E-state index < -0.39 is 0 Å². The molecule has 0 spiro atoms. The zero-order chi connectivity index (χ0) is 12.1. The number of hydrogen-bond donors (Lipinski definition) is 0. The van der Waals surface area contributed by atoms with Crippen LogP contribution in [0.2, 0.25) is 5.02 Å². The Hall–Kier alpha value is -0.380. The van der Waals surface area contributed by atoms with Crippen molar-refractivity contribution in [1.29, 1.82) is 0 Å². The third kappa shape index (κ3) is 3.89. The van der Waals surface area contributed by atoms with Crippen molar-refractivity contribution in [3.63, 3.8) is 0 Å². The third-order valence-corrected chi connectivity index (χ3v) is 3.03. The molecular weight excluding hydrogens is 291 g/mol. The van der Waals surface area contributed by atoms with Crippen molar-refractivity contribution in [2.75, 3.05) is 13.7 Å². The Balaban J connectivity index is 2.79. The third-order valence-electron chi connectivity index (χ3n) is 2.35. The summed E-state index contributed by atoms with van der Waals surface area (Å²) >= 11 is 9.22. The van der Waals surface area contributed by atoms with Crippen LogP contribution >= 0.6 is 27.5 Å². The lowest BCUT2D eigenvalue weighted by molar-refractivity contribution is 0.0893. The highest BCUT2D eigenvalue weighted by molar-refractivity contribution is 9.10. The fourth-order valence-electron chi connectivity index (χ4n) is 1.41. The van der Waals surface area contributed by atoms with E-state index in [1.807, 2.05) is 6.92 Å². The second-order valence-electron chi connectivity index (χ2n) is 3.70. The Labute approximate surface area is 109 Å². The van der Waals surface area contributed by atoms with Crippen LogP contribution in [0.1, 0.15) is 23.7 Å². The largest absolute Gasteiger partial charge is 0.385 e. The Morgan fingerprint density at radius 3 is 2.75 bits per heavy atom. The van der Waals surface area contributed by atoms with Gasteiger partial charge in [0.05, 0.1) is 0 Å². The first-order chi connectivity index (χ1) is 7.54. The summed E-state index contributed by atoms with van der Waals surface area (Å²) in [4.78, 5) is 12.0. The van der Waals surface area contributed by atoms with E-state index in [0.717, 1.165) is 10.9 Å². The number of ketones is 1. The smallest absolute Gasteiger partial charge is 0.165 e. The van der Waals surface area contributed by atoms with Crippen LogP contribution in [0.15, 0.2) is 22.7 Å². The molecule has 1 aromatic rings. The zero-order valence-electron chi connectivity index (χ0n) is 9.30. The monoisotopic (exact) mass is 304 g/mol. The quantitative estimate of drug-likeness (QED) is 0.770. The molecular formula is C12H14BrClO2. The maximum Gasteiger partial charge on any atom is 0.165 e. The summed E-state index contributed by atoms with van der Waals surface area (Å²) in [6, 6.07) is 5.24. The van der Waals surface area contributed by atoms with E-state index in [2.05, 4.69) is 15.9 Å². The van der Waals surface area contributed by atoms with Crippen LogP contribution < -0.4 is 0 Å². The highest BCUT2D eigenvalue weighted by Crippen LogP contribution is 2.22. The molecule has 0 N–H and O–H groups in total. The minimum Gasteiger partial charge on any atom is -0.385 e. The number of carbonyl (C=O) groups is 1. The number of Topliss-reactive ketones (excluding diaryl/α,β-unsaturated/α-hetero) is 1. The average Bonchev–Trinajstić information content (AvgIpc) is 2.23. The van der Waals surface area contributed by atoms with E-state index in [9.17, 15) is 4.79 Å². The van der Waals surface area contributed by atoms with Crippen LogP contribution in [-0.2, 0) is 4.74 Å². The molecule has 0 radical (unpaired) electrons. The summed E-state index contributed by atoms with van der Waals surface area (Å²) in [7, 11) is 1.63. The van der Waals surface area contributed by atoms with Gasteiger partial charge in [-0.2, -0.15) is 0 Å². The minimum absolute atomic E-state index is 0.0506. The van der Waals surface area contributed by atoms with Crippen LogP contribution in [0.25, 0.3) is 0 Å². The van der Waals surface area contributed by atoms with Gasteiger partial charge in [0.15, 0.2) is 5.78 Å². The van der Waals surface area contributed by atoms with Gasteiger partial charge in [0.2, 0.25) is 0 Å². The van der Waals surface area contributed by atoms with Gasteiger partial charge >= 0.3 is 0 Å². The van der Waals surface area contributed by atoms with Crippen LogP contribution in [0, 0.1) is 5.92 Å². The Bertz CT molecular complexity index is 359. The van der Waals surface area contributed by atoms with Crippen molar-refractivity contribution in [3.05, 3.63) is 33.3 Å². The molecule has 1 aromatic carbocycles. The van der Waals surface area contributed by atoms with E-state index in [1.54, 1.807) is 25.3 Å². The molecule has 1 atom stereocenters. The number of hydrogen-bond acceptors (Lipinski definition) is 2. The molecule has 0 amide bonds. The minimum atomic E-state index is -0.0506. The Morgan fingerprint density at radius 1 is 1.50 bits per heavy atom. The molecule has 16 heavy (non-hydrogen) atoms. The predicted molar refractivity (Wildman–Crippen MR) is 69.1 cm³/mol. The van der Waals surface area contributed by atoms with Crippen LogP contribution in [0.5, 0.6) is 0 Å². The summed E-state index contributed by atoms with van der Waals surface area (Å²) in [5.74, 6) is 0.0468. The number of rotatable bonds is 5. The second-order valence-corrected chi connectivity index (χ2v) is 5.06. The molecule has 0 aromatic heterocycles. The molecule has 88 valence electrons. The molecule has 0 aliphatic heterocycles. The molecule has 0 bridgehead atoms. The molecule has 0 aliphatic carbocycles. The number of carbonyl (C=O) groups excluding carboxylic acids is 1. The van der Waals surface area contributed by atoms with Gasteiger partial charge in [-0.25, -0.2) is 0 Å². The van der Waals surface area contributed by atoms with Gasteiger partial charge in [-0.15, -0.1) is 0 Å². The summed E-state index contributed by atoms with van der Waals surface area (Å²) in [6.07, 6.45) is 0.722. The zero-order valence-corrected chi connectivity index (χ0v) is 11.6. The Kier molecular flexibility index (Phi) is 5.46. The van der Waals surface area contributed by atoms with Crippen molar-refractivity contribution in [3.8, 4) is 0 Å². The van der Waals surface area contributed by atoms with Crippen molar-refractivity contribution in [1.82, 2.24) is 0 Å². The molecule has 1 rings (SSSR count). The topological polar surface area (TPSA) is 26.3 Å².